The average Bonchev–Trinajstić information content (AvgIpc) is 2.58. The zero-order valence-electron chi connectivity index (χ0n) is 15.1. The summed E-state index contributed by atoms with van der Waals surface area (Å²) in [6, 6.07) is 2.61. The van der Waals surface area contributed by atoms with Gasteiger partial charge >= 0.3 is 0 Å². The summed E-state index contributed by atoms with van der Waals surface area (Å²) in [4.78, 5) is 0. The van der Waals surface area contributed by atoms with E-state index < -0.39 is 0 Å². The van der Waals surface area contributed by atoms with E-state index in [1.807, 2.05) is 27.7 Å². The molecule has 0 saturated heterocycles. The third kappa shape index (κ3) is 4.24. The van der Waals surface area contributed by atoms with E-state index in [-0.39, 0.29) is 5.41 Å². The van der Waals surface area contributed by atoms with Crippen molar-refractivity contribution in [3.8, 4) is 6.07 Å². The Kier molecular flexibility index (Phi) is 7.78. The minimum atomic E-state index is 0.000500. The van der Waals surface area contributed by atoms with E-state index in [2.05, 4.69) is 13.0 Å². The molecule has 0 spiro atoms. The zero-order valence-corrected chi connectivity index (χ0v) is 15.1. The molecule has 0 N–H and O–H groups in total. The summed E-state index contributed by atoms with van der Waals surface area (Å²) in [6.45, 7) is 10.2. The van der Waals surface area contributed by atoms with Crippen molar-refractivity contribution >= 4 is 0 Å². The largest absolute Gasteiger partial charge is 0.198 e. The first-order valence-electron chi connectivity index (χ1n) is 9.63. The summed E-state index contributed by atoms with van der Waals surface area (Å²) in [6.07, 6.45) is 12.5. The van der Waals surface area contributed by atoms with Gasteiger partial charge in [0, 0.05) is 0 Å². The molecule has 0 aromatic heterocycles. The first kappa shape index (κ1) is 18.5. The number of fused-ring (bicyclic) bond motifs is 3. The van der Waals surface area contributed by atoms with Crippen LogP contribution in [0.2, 0.25) is 0 Å². The van der Waals surface area contributed by atoms with E-state index >= 15 is 0 Å². The molecular formula is C20H37N. The summed E-state index contributed by atoms with van der Waals surface area (Å²) >= 11 is 0. The fraction of sp³-hybridized carbons (Fsp3) is 0.950. The molecule has 1 nitrogen and oxygen atoms in total. The molecule has 3 saturated carbocycles. The highest BCUT2D eigenvalue weighted by Gasteiger charge is 2.46. The van der Waals surface area contributed by atoms with Crippen LogP contribution in [0, 0.1) is 40.4 Å². The van der Waals surface area contributed by atoms with Crippen molar-refractivity contribution in [3.05, 3.63) is 0 Å². The van der Waals surface area contributed by atoms with Gasteiger partial charge in [0.2, 0.25) is 0 Å². The molecule has 0 amide bonds. The first-order chi connectivity index (χ1) is 10.2. The van der Waals surface area contributed by atoms with Crippen LogP contribution in [-0.2, 0) is 0 Å². The molecule has 3 aliphatic rings. The monoisotopic (exact) mass is 291 g/mol. The average molecular weight is 292 g/mol. The standard InChI is InChI=1S/C16H25N.2C2H6/c1-16(11-17)9-8-13-7-6-12-4-2-3-5-14(12)15(13)10-16;2*1-2/h12-15H,2-10H2,1H3;2*1-2H3. The third-order valence-electron chi connectivity index (χ3n) is 6.05. The van der Waals surface area contributed by atoms with Gasteiger partial charge in [0.15, 0.2) is 0 Å². The lowest BCUT2D eigenvalue weighted by Crippen LogP contribution is -2.42. The van der Waals surface area contributed by atoms with E-state index in [1.54, 1.807) is 0 Å². The van der Waals surface area contributed by atoms with Gasteiger partial charge < -0.3 is 0 Å². The fourth-order valence-electron chi connectivity index (χ4n) is 5.05. The van der Waals surface area contributed by atoms with E-state index in [0.29, 0.717) is 0 Å². The van der Waals surface area contributed by atoms with Gasteiger partial charge in [0.1, 0.15) is 0 Å². The van der Waals surface area contributed by atoms with Crippen LogP contribution >= 0.6 is 0 Å². The second-order valence-electron chi connectivity index (χ2n) is 7.12. The number of hydrogen-bond acceptors (Lipinski definition) is 1. The van der Waals surface area contributed by atoms with Crippen LogP contribution in [0.3, 0.4) is 0 Å². The first-order valence-corrected chi connectivity index (χ1v) is 9.63. The Hall–Kier alpha value is -0.510. The summed E-state index contributed by atoms with van der Waals surface area (Å²) in [5, 5.41) is 9.39. The number of nitriles is 1. The number of rotatable bonds is 0. The van der Waals surface area contributed by atoms with E-state index in [1.165, 1.54) is 51.4 Å². The van der Waals surface area contributed by atoms with Crippen LogP contribution in [0.1, 0.15) is 92.4 Å². The Bertz CT molecular complexity index is 329. The summed E-state index contributed by atoms with van der Waals surface area (Å²) < 4.78 is 0. The van der Waals surface area contributed by atoms with Gasteiger partial charge in [-0.2, -0.15) is 5.26 Å². The molecule has 21 heavy (non-hydrogen) atoms. The highest BCUT2D eigenvalue weighted by atomic mass is 14.5. The number of nitrogens with zero attached hydrogens (tertiary/aromatic N) is 1. The highest BCUT2D eigenvalue weighted by Crippen LogP contribution is 2.55. The SMILES string of the molecule is CC.CC.CC1(C#N)CCC2CCC3CCCCC3C2C1. The highest BCUT2D eigenvalue weighted by molar-refractivity contribution is 5.04. The number of hydrogen-bond donors (Lipinski definition) is 0. The predicted octanol–water partition coefficient (Wildman–Crippen LogP) is 6.59. The summed E-state index contributed by atoms with van der Waals surface area (Å²) in [5.41, 5.74) is 0.000500. The molecule has 0 aliphatic heterocycles. The molecule has 0 heterocycles. The Morgan fingerprint density at radius 1 is 0.810 bits per heavy atom. The Morgan fingerprint density at radius 3 is 2.00 bits per heavy atom. The maximum Gasteiger partial charge on any atom is 0.0686 e. The lowest BCUT2D eigenvalue weighted by molar-refractivity contribution is -0.00164. The van der Waals surface area contributed by atoms with Crippen LogP contribution in [0.4, 0.5) is 0 Å². The molecule has 1 heteroatoms. The lowest BCUT2D eigenvalue weighted by atomic mass is 9.54. The molecule has 3 rings (SSSR count). The minimum absolute atomic E-state index is 0.000500. The van der Waals surface area contributed by atoms with Gasteiger partial charge in [-0.1, -0.05) is 47.0 Å². The third-order valence-corrected chi connectivity index (χ3v) is 6.05. The molecule has 0 bridgehead atoms. The second kappa shape index (κ2) is 8.82. The van der Waals surface area contributed by atoms with Gasteiger partial charge in [0.25, 0.3) is 0 Å². The molecule has 3 aliphatic carbocycles. The van der Waals surface area contributed by atoms with Crippen LogP contribution in [0.25, 0.3) is 0 Å². The van der Waals surface area contributed by atoms with Crippen molar-refractivity contribution < 1.29 is 0 Å². The predicted molar refractivity (Wildman–Crippen MR) is 91.9 cm³/mol. The molecule has 0 aromatic rings. The maximum absolute atomic E-state index is 9.39. The van der Waals surface area contributed by atoms with Crippen molar-refractivity contribution in [2.24, 2.45) is 29.1 Å². The molecule has 0 radical (unpaired) electrons. The van der Waals surface area contributed by atoms with E-state index in [9.17, 15) is 5.26 Å². The van der Waals surface area contributed by atoms with Gasteiger partial charge in [-0.25, -0.2) is 0 Å². The van der Waals surface area contributed by atoms with Crippen molar-refractivity contribution in [2.75, 3.05) is 0 Å². The van der Waals surface area contributed by atoms with Gasteiger partial charge in [-0.05, 0) is 69.1 Å². The molecule has 122 valence electrons. The Morgan fingerprint density at radius 2 is 1.38 bits per heavy atom. The second-order valence-corrected chi connectivity index (χ2v) is 7.12. The van der Waals surface area contributed by atoms with Crippen LogP contribution in [-0.4, -0.2) is 0 Å². The van der Waals surface area contributed by atoms with Gasteiger partial charge in [-0.15, -0.1) is 0 Å². The van der Waals surface area contributed by atoms with Gasteiger partial charge in [-0.3, -0.25) is 0 Å². The molecular weight excluding hydrogens is 254 g/mol. The van der Waals surface area contributed by atoms with Crippen molar-refractivity contribution in [1.29, 1.82) is 5.26 Å². The smallest absolute Gasteiger partial charge is 0.0686 e. The van der Waals surface area contributed by atoms with E-state index in [4.69, 9.17) is 0 Å². The summed E-state index contributed by atoms with van der Waals surface area (Å²) in [5.74, 6) is 3.87. The normalized spacial score (nSPS) is 41.0. The molecule has 5 atom stereocenters. The molecule has 5 unspecified atom stereocenters. The summed E-state index contributed by atoms with van der Waals surface area (Å²) in [7, 11) is 0. The molecule has 3 fully saturated rings. The quantitative estimate of drug-likeness (QED) is 0.494. The van der Waals surface area contributed by atoms with Gasteiger partial charge in [0.05, 0.1) is 11.5 Å². The van der Waals surface area contributed by atoms with Crippen LogP contribution in [0.5, 0.6) is 0 Å². The van der Waals surface area contributed by atoms with Crippen LogP contribution in [0.15, 0.2) is 0 Å². The van der Waals surface area contributed by atoms with Crippen molar-refractivity contribution in [3.63, 3.8) is 0 Å². The maximum atomic E-state index is 9.39. The molecule has 0 aromatic carbocycles. The zero-order chi connectivity index (χ0) is 15.9. The minimum Gasteiger partial charge on any atom is -0.198 e. The van der Waals surface area contributed by atoms with Crippen molar-refractivity contribution in [2.45, 2.75) is 92.4 Å². The van der Waals surface area contributed by atoms with E-state index in [0.717, 1.165) is 30.1 Å². The Balaban J connectivity index is 0.000000510. The fourth-order valence-corrected chi connectivity index (χ4v) is 5.05. The van der Waals surface area contributed by atoms with Crippen molar-refractivity contribution in [1.82, 2.24) is 0 Å². The Labute approximate surface area is 133 Å². The topological polar surface area (TPSA) is 23.8 Å². The lowest BCUT2D eigenvalue weighted by Gasteiger charge is -2.50. The van der Waals surface area contributed by atoms with Crippen LogP contribution < -0.4 is 0 Å².